The van der Waals surface area contributed by atoms with Crippen LogP contribution in [0.5, 0.6) is 11.5 Å². The van der Waals surface area contributed by atoms with Gasteiger partial charge in [-0.25, -0.2) is 0 Å². The van der Waals surface area contributed by atoms with E-state index in [1.807, 2.05) is 18.2 Å². The fourth-order valence-electron chi connectivity index (χ4n) is 3.13. The van der Waals surface area contributed by atoms with Crippen LogP contribution in [-0.4, -0.2) is 37.5 Å². The van der Waals surface area contributed by atoms with Crippen molar-refractivity contribution in [2.24, 2.45) is 0 Å². The van der Waals surface area contributed by atoms with E-state index in [4.69, 9.17) is 9.47 Å². The molecule has 4 nitrogen and oxygen atoms in total. The van der Waals surface area contributed by atoms with E-state index in [2.05, 4.69) is 17.0 Å². The number of ketones is 1. The van der Waals surface area contributed by atoms with Crippen molar-refractivity contribution in [2.45, 2.75) is 31.8 Å². The number of ether oxygens (including phenoxy) is 2. The highest BCUT2D eigenvalue weighted by molar-refractivity contribution is 5.98. The van der Waals surface area contributed by atoms with Crippen molar-refractivity contribution < 1.29 is 14.3 Å². The maximum absolute atomic E-state index is 12.9. The Balaban J connectivity index is 1.76. The SMILES string of the molecule is COc1cc(OC)cc(C(=O)CN(Cc2ccccc2)C2CCC2)c1. The molecule has 0 heterocycles. The standard InChI is InChI=1S/C21H25NO3/c1-24-19-11-17(12-20(13-19)25-2)21(23)15-22(18-9-6-10-18)14-16-7-4-3-5-8-16/h3-5,7-8,11-13,18H,6,9-10,14-15H2,1-2H3. The molecule has 1 saturated carbocycles. The number of nitrogens with zero attached hydrogens (tertiary/aromatic N) is 1. The van der Waals surface area contributed by atoms with Crippen LogP contribution in [-0.2, 0) is 6.54 Å². The van der Waals surface area contributed by atoms with Gasteiger partial charge in [0.1, 0.15) is 11.5 Å². The summed E-state index contributed by atoms with van der Waals surface area (Å²) in [6.45, 7) is 1.22. The fraction of sp³-hybridized carbons (Fsp3) is 0.381. The molecule has 2 aromatic carbocycles. The second-order valence-corrected chi connectivity index (χ2v) is 6.50. The number of methoxy groups -OCH3 is 2. The highest BCUT2D eigenvalue weighted by Gasteiger charge is 2.27. The van der Waals surface area contributed by atoms with Gasteiger partial charge in [0.15, 0.2) is 5.78 Å². The molecule has 0 aromatic heterocycles. The first-order valence-electron chi connectivity index (χ1n) is 8.74. The average molecular weight is 339 g/mol. The third-order valence-electron chi connectivity index (χ3n) is 4.84. The number of benzene rings is 2. The summed E-state index contributed by atoms with van der Waals surface area (Å²) >= 11 is 0. The third-order valence-corrected chi connectivity index (χ3v) is 4.84. The quantitative estimate of drug-likeness (QED) is 0.683. The fourth-order valence-corrected chi connectivity index (χ4v) is 3.13. The smallest absolute Gasteiger partial charge is 0.177 e. The van der Waals surface area contributed by atoms with Gasteiger partial charge in [0.2, 0.25) is 0 Å². The Morgan fingerprint density at radius 3 is 2.20 bits per heavy atom. The van der Waals surface area contributed by atoms with Crippen molar-refractivity contribution in [2.75, 3.05) is 20.8 Å². The number of hydrogen-bond donors (Lipinski definition) is 0. The molecular formula is C21H25NO3. The number of carbonyl (C=O) groups excluding carboxylic acids is 1. The summed E-state index contributed by atoms with van der Waals surface area (Å²) in [5.74, 6) is 1.38. The number of carbonyl (C=O) groups is 1. The average Bonchev–Trinajstić information content (AvgIpc) is 2.60. The predicted molar refractivity (Wildman–Crippen MR) is 98.4 cm³/mol. The van der Waals surface area contributed by atoms with Gasteiger partial charge >= 0.3 is 0 Å². The van der Waals surface area contributed by atoms with E-state index in [0.717, 1.165) is 6.54 Å². The molecule has 0 spiro atoms. The Morgan fingerprint density at radius 2 is 1.68 bits per heavy atom. The molecule has 0 amide bonds. The second kappa shape index (κ2) is 8.17. The molecule has 1 fully saturated rings. The van der Waals surface area contributed by atoms with Crippen LogP contribution < -0.4 is 9.47 Å². The van der Waals surface area contributed by atoms with E-state index in [0.29, 0.717) is 29.6 Å². The Labute approximate surface area is 149 Å². The van der Waals surface area contributed by atoms with Gasteiger partial charge in [0.25, 0.3) is 0 Å². The number of rotatable bonds is 8. The Morgan fingerprint density at radius 1 is 1.04 bits per heavy atom. The van der Waals surface area contributed by atoms with Gasteiger partial charge in [0, 0.05) is 24.2 Å². The van der Waals surface area contributed by atoms with Gasteiger partial charge in [0.05, 0.1) is 20.8 Å². The minimum atomic E-state index is 0.0973. The lowest BCUT2D eigenvalue weighted by molar-refractivity contribution is 0.0788. The summed E-state index contributed by atoms with van der Waals surface area (Å²) in [6.07, 6.45) is 3.58. The Kier molecular flexibility index (Phi) is 5.71. The first-order chi connectivity index (χ1) is 12.2. The summed E-state index contributed by atoms with van der Waals surface area (Å²) < 4.78 is 10.6. The van der Waals surface area contributed by atoms with Crippen molar-refractivity contribution in [3.05, 3.63) is 59.7 Å². The van der Waals surface area contributed by atoms with Gasteiger partial charge in [-0.3, -0.25) is 9.69 Å². The zero-order valence-electron chi connectivity index (χ0n) is 14.9. The lowest BCUT2D eigenvalue weighted by atomic mass is 9.90. The van der Waals surface area contributed by atoms with Crippen LogP contribution in [0.15, 0.2) is 48.5 Å². The van der Waals surface area contributed by atoms with Crippen molar-refractivity contribution >= 4 is 5.78 Å². The molecular weight excluding hydrogens is 314 g/mol. The molecule has 0 aliphatic heterocycles. The van der Waals surface area contributed by atoms with E-state index >= 15 is 0 Å². The summed E-state index contributed by atoms with van der Waals surface area (Å²) in [4.78, 5) is 15.2. The molecule has 0 N–H and O–H groups in total. The molecule has 0 radical (unpaired) electrons. The summed E-state index contributed by atoms with van der Waals surface area (Å²) in [5, 5.41) is 0. The zero-order chi connectivity index (χ0) is 17.6. The highest BCUT2D eigenvalue weighted by Crippen LogP contribution is 2.28. The van der Waals surface area contributed by atoms with E-state index in [-0.39, 0.29) is 5.78 Å². The maximum Gasteiger partial charge on any atom is 0.177 e. The molecule has 0 unspecified atom stereocenters. The van der Waals surface area contributed by atoms with Gasteiger partial charge in [-0.15, -0.1) is 0 Å². The van der Waals surface area contributed by atoms with Crippen molar-refractivity contribution in [1.82, 2.24) is 4.90 Å². The highest BCUT2D eigenvalue weighted by atomic mass is 16.5. The van der Waals surface area contributed by atoms with Gasteiger partial charge in [-0.05, 0) is 30.5 Å². The zero-order valence-corrected chi connectivity index (χ0v) is 14.9. The molecule has 0 atom stereocenters. The molecule has 132 valence electrons. The maximum atomic E-state index is 12.9. The minimum absolute atomic E-state index is 0.0973. The second-order valence-electron chi connectivity index (χ2n) is 6.50. The third kappa shape index (κ3) is 4.40. The van der Waals surface area contributed by atoms with Crippen LogP contribution in [0.4, 0.5) is 0 Å². The lowest BCUT2D eigenvalue weighted by Gasteiger charge is -2.37. The summed E-state index contributed by atoms with van der Waals surface area (Å²) in [6, 6.07) is 16.2. The Bertz CT molecular complexity index is 688. The largest absolute Gasteiger partial charge is 0.497 e. The van der Waals surface area contributed by atoms with E-state index in [1.165, 1.54) is 24.8 Å². The summed E-state index contributed by atoms with van der Waals surface area (Å²) in [7, 11) is 3.19. The molecule has 1 aliphatic rings. The number of hydrogen-bond acceptors (Lipinski definition) is 4. The molecule has 0 saturated heterocycles. The first-order valence-corrected chi connectivity index (χ1v) is 8.74. The molecule has 3 rings (SSSR count). The van der Waals surface area contributed by atoms with Gasteiger partial charge < -0.3 is 9.47 Å². The van der Waals surface area contributed by atoms with Gasteiger partial charge in [-0.1, -0.05) is 36.8 Å². The summed E-state index contributed by atoms with van der Waals surface area (Å²) in [5.41, 5.74) is 1.87. The van der Waals surface area contributed by atoms with Crippen LogP contribution in [0.1, 0.15) is 35.2 Å². The molecule has 4 heteroatoms. The van der Waals surface area contributed by atoms with Crippen molar-refractivity contribution in [1.29, 1.82) is 0 Å². The van der Waals surface area contributed by atoms with Crippen LogP contribution in [0.25, 0.3) is 0 Å². The Hall–Kier alpha value is -2.33. The normalized spacial score (nSPS) is 14.2. The lowest BCUT2D eigenvalue weighted by Crippen LogP contribution is -2.42. The first kappa shape index (κ1) is 17.5. The molecule has 25 heavy (non-hydrogen) atoms. The van der Waals surface area contributed by atoms with Gasteiger partial charge in [-0.2, -0.15) is 0 Å². The van der Waals surface area contributed by atoms with Crippen LogP contribution >= 0.6 is 0 Å². The molecule has 1 aliphatic carbocycles. The predicted octanol–water partition coefficient (Wildman–Crippen LogP) is 3.94. The van der Waals surface area contributed by atoms with E-state index < -0.39 is 0 Å². The van der Waals surface area contributed by atoms with E-state index in [9.17, 15) is 4.79 Å². The van der Waals surface area contributed by atoms with Crippen LogP contribution in [0.2, 0.25) is 0 Å². The molecule has 2 aromatic rings. The van der Waals surface area contributed by atoms with Crippen LogP contribution in [0.3, 0.4) is 0 Å². The van der Waals surface area contributed by atoms with Crippen LogP contribution in [0, 0.1) is 0 Å². The van der Waals surface area contributed by atoms with Crippen molar-refractivity contribution in [3.63, 3.8) is 0 Å². The van der Waals surface area contributed by atoms with Crippen molar-refractivity contribution in [3.8, 4) is 11.5 Å². The van der Waals surface area contributed by atoms with E-state index in [1.54, 1.807) is 32.4 Å². The minimum Gasteiger partial charge on any atom is -0.497 e. The topological polar surface area (TPSA) is 38.8 Å². The monoisotopic (exact) mass is 339 g/mol. The molecule has 0 bridgehead atoms. The number of Topliss-reactive ketones (excluding diaryl/α,β-unsaturated/α-hetero) is 1.